The van der Waals surface area contributed by atoms with Gasteiger partial charge in [0.05, 0.1) is 6.10 Å². The molecule has 0 spiro atoms. The Balaban J connectivity index is 2.18. The molecule has 0 radical (unpaired) electrons. The van der Waals surface area contributed by atoms with Crippen molar-refractivity contribution in [1.29, 1.82) is 0 Å². The van der Waals surface area contributed by atoms with Crippen LogP contribution in [-0.2, 0) is 15.1 Å². The molecule has 0 aromatic heterocycles. The van der Waals surface area contributed by atoms with Gasteiger partial charge in [-0.15, -0.1) is 0 Å². The molecule has 1 heterocycles. The number of carbonyl (C=O) groups is 1. The third-order valence-corrected chi connectivity index (χ3v) is 3.70. The molecule has 6 heteroatoms. The van der Waals surface area contributed by atoms with Crippen LogP contribution in [0.3, 0.4) is 0 Å². The summed E-state index contributed by atoms with van der Waals surface area (Å²) in [6.45, 7) is 2.68. The Morgan fingerprint density at radius 1 is 1.50 bits per heavy atom. The summed E-state index contributed by atoms with van der Waals surface area (Å²) < 4.78 is 31.8. The fourth-order valence-electron chi connectivity index (χ4n) is 2.26. The minimum absolute atomic E-state index is 0.0129. The molecular formula is C14H18F2N2O2. The molecule has 1 aliphatic rings. The average molecular weight is 284 g/mol. The predicted octanol–water partition coefficient (Wildman–Crippen LogP) is 1.43. The van der Waals surface area contributed by atoms with E-state index < -0.39 is 23.1 Å². The molecule has 1 aliphatic heterocycles. The lowest BCUT2D eigenvalue weighted by atomic mass is 9.90. The molecule has 0 aliphatic carbocycles. The molecule has 2 atom stereocenters. The van der Waals surface area contributed by atoms with Gasteiger partial charge in [0.1, 0.15) is 5.54 Å². The number of carbonyl (C=O) groups excluding carboxylic acids is 1. The van der Waals surface area contributed by atoms with Crippen molar-refractivity contribution in [3.8, 4) is 0 Å². The quantitative estimate of drug-likeness (QED) is 0.860. The van der Waals surface area contributed by atoms with Crippen molar-refractivity contribution >= 4 is 5.91 Å². The van der Waals surface area contributed by atoms with E-state index in [0.29, 0.717) is 18.7 Å². The maximum atomic E-state index is 13.3. The summed E-state index contributed by atoms with van der Waals surface area (Å²) in [7, 11) is 0. The molecule has 2 unspecified atom stereocenters. The second-order valence-corrected chi connectivity index (χ2v) is 5.13. The van der Waals surface area contributed by atoms with Crippen molar-refractivity contribution in [2.24, 2.45) is 5.73 Å². The van der Waals surface area contributed by atoms with Gasteiger partial charge in [-0.3, -0.25) is 10.1 Å². The lowest BCUT2D eigenvalue weighted by molar-refractivity contribution is -0.124. The highest BCUT2D eigenvalue weighted by Crippen LogP contribution is 2.23. The van der Waals surface area contributed by atoms with E-state index >= 15 is 0 Å². The normalized spacial score (nSPS) is 21.6. The van der Waals surface area contributed by atoms with E-state index in [1.54, 1.807) is 6.92 Å². The Labute approximate surface area is 116 Å². The van der Waals surface area contributed by atoms with Gasteiger partial charge >= 0.3 is 0 Å². The number of primary amides is 1. The van der Waals surface area contributed by atoms with Crippen molar-refractivity contribution in [1.82, 2.24) is 5.32 Å². The number of rotatable bonds is 5. The molecule has 0 saturated carbocycles. The van der Waals surface area contributed by atoms with Crippen LogP contribution in [0.25, 0.3) is 0 Å². The molecule has 110 valence electrons. The first-order valence-corrected chi connectivity index (χ1v) is 6.55. The minimum atomic E-state index is -1.26. The van der Waals surface area contributed by atoms with Crippen LogP contribution in [-0.4, -0.2) is 25.2 Å². The van der Waals surface area contributed by atoms with Crippen LogP contribution in [0.15, 0.2) is 18.2 Å². The molecule has 0 bridgehead atoms. The Morgan fingerprint density at radius 3 is 2.80 bits per heavy atom. The van der Waals surface area contributed by atoms with Crippen molar-refractivity contribution in [3.63, 3.8) is 0 Å². The van der Waals surface area contributed by atoms with E-state index in [-0.39, 0.29) is 6.10 Å². The van der Waals surface area contributed by atoms with Crippen molar-refractivity contribution in [3.05, 3.63) is 35.4 Å². The van der Waals surface area contributed by atoms with Crippen LogP contribution in [0.2, 0.25) is 0 Å². The smallest absolute Gasteiger partial charge is 0.242 e. The second kappa shape index (κ2) is 5.85. The molecule has 4 nitrogen and oxygen atoms in total. The average Bonchev–Trinajstić information content (AvgIpc) is 2.92. The minimum Gasteiger partial charge on any atom is -0.377 e. The van der Waals surface area contributed by atoms with Crippen LogP contribution >= 0.6 is 0 Å². The monoisotopic (exact) mass is 284 g/mol. The van der Waals surface area contributed by atoms with E-state index in [0.717, 1.165) is 25.0 Å². The van der Waals surface area contributed by atoms with E-state index in [1.165, 1.54) is 6.07 Å². The maximum Gasteiger partial charge on any atom is 0.242 e. The number of halogens is 2. The summed E-state index contributed by atoms with van der Waals surface area (Å²) in [6, 6.07) is 3.33. The van der Waals surface area contributed by atoms with Crippen molar-refractivity contribution in [2.75, 3.05) is 13.2 Å². The standard InChI is InChI=1S/C14H18F2N2O2/c1-14(13(17)19,18-8-10-3-2-6-20-10)9-4-5-11(15)12(16)7-9/h4-5,7,10,18H,2-3,6,8H2,1H3,(H2,17,19). The largest absolute Gasteiger partial charge is 0.377 e. The third-order valence-electron chi connectivity index (χ3n) is 3.70. The fourth-order valence-corrected chi connectivity index (χ4v) is 2.26. The van der Waals surface area contributed by atoms with Crippen LogP contribution in [0, 0.1) is 11.6 Å². The Morgan fingerprint density at radius 2 is 2.25 bits per heavy atom. The SMILES string of the molecule is CC(NCC1CCCO1)(C(N)=O)c1ccc(F)c(F)c1. The van der Waals surface area contributed by atoms with Gasteiger partial charge in [0.15, 0.2) is 11.6 Å². The molecule has 1 saturated heterocycles. The highest BCUT2D eigenvalue weighted by atomic mass is 19.2. The topological polar surface area (TPSA) is 64.3 Å². The molecular weight excluding hydrogens is 266 g/mol. The maximum absolute atomic E-state index is 13.3. The highest BCUT2D eigenvalue weighted by Gasteiger charge is 2.34. The van der Waals surface area contributed by atoms with Gasteiger partial charge in [0, 0.05) is 13.2 Å². The summed E-state index contributed by atoms with van der Waals surface area (Å²) in [5.41, 5.74) is 4.45. The van der Waals surface area contributed by atoms with Crippen LogP contribution in [0.5, 0.6) is 0 Å². The molecule has 1 aromatic carbocycles. The van der Waals surface area contributed by atoms with E-state index in [2.05, 4.69) is 5.32 Å². The van der Waals surface area contributed by atoms with Crippen LogP contribution in [0.1, 0.15) is 25.3 Å². The van der Waals surface area contributed by atoms with Gasteiger partial charge in [0.25, 0.3) is 0 Å². The summed E-state index contributed by atoms with van der Waals surface area (Å²) in [5.74, 6) is -2.62. The molecule has 3 N–H and O–H groups in total. The Kier molecular flexibility index (Phi) is 4.35. The molecule has 1 aromatic rings. The lowest BCUT2D eigenvalue weighted by Crippen LogP contribution is -2.52. The zero-order valence-electron chi connectivity index (χ0n) is 11.3. The van der Waals surface area contributed by atoms with Crippen LogP contribution < -0.4 is 11.1 Å². The summed E-state index contributed by atoms with van der Waals surface area (Å²) in [4.78, 5) is 11.7. The summed E-state index contributed by atoms with van der Waals surface area (Å²) >= 11 is 0. The number of hydrogen-bond donors (Lipinski definition) is 2. The van der Waals surface area contributed by atoms with Crippen molar-refractivity contribution < 1.29 is 18.3 Å². The van der Waals surface area contributed by atoms with Gasteiger partial charge in [0.2, 0.25) is 5.91 Å². The third kappa shape index (κ3) is 2.96. The first-order valence-electron chi connectivity index (χ1n) is 6.55. The number of ether oxygens (including phenoxy) is 1. The first-order chi connectivity index (χ1) is 9.43. The number of hydrogen-bond acceptors (Lipinski definition) is 3. The fraction of sp³-hybridized carbons (Fsp3) is 0.500. The first kappa shape index (κ1) is 14.9. The zero-order chi connectivity index (χ0) is 14.8. The van der Waals surface area contributed by atoms with Crippen LogP contribution in [0.4, 0.5) is 8.78 Å². The molecule has 1 fully saturated rings. The number of amides is 1. The Hall–Kier alpha value is -1.53. The zero-order valence-corrected chi connectivity index (χ0v) is 11.3. The van der Waals surface area contributed by atoms with Crippen molar-refractivity contribution in [2.45, 2.75) is 31.4 Å². The molecule has 2 rings (SSSR count). The number of nitrogens with one attached hydrogen (secondary N) is 1. The van der Waals surface area contributed by atoms with Gasteiger partial charge < -0.3 is 10.5 Å². The number of benzene rings is 1. The lowest BCUT2D eigenvalue weighted by Gasteiger charge is -2.29. The second-order valence-electron chi connectivity index (χ2n) is 5.13. The summed E-state index contributed by atoms with van der Waals surface area (Å²) in [6.07, 6.45) is 1.89. The summed E-state index contributed by atoms with van der Waals surface area (Å²) in [5, 5.41) is 3.01. The van der Waals surface area contributed by atoms with E-state index in [1.807, 2.05) is 0 Å². The molecule has 1 amide bonds. The van der Waals surface area contributed by atoms with Gasteiger partial charge in [-0.25, -0.2) is 8.78 Å². The highest BCUT2D eigenvalue weighted by molar-refractivity contribution is 5.85. The predicted molar refractivity (Wildman–Crippen MR) is 69.9 cm³/mol. The van der Waals surface area contributed by atoms with Gasteiger partial charge in [-0.1, -0.05) is 6.07 Å². The van der Waals surface area contributed by atoms with E-state index in [9.17, 15) is 13.6 Å². The molecule has 20 heavy (non-hydrogen) atoms. The van der Waals surface area contributed by atoms with Gasteiger partial charge in [-0.2, -0.15) is 0 Å². The van der Waals surface area contributed by atoms with Gasteiger partial charge in [-0.05, 0) is 37.5 Å². The number of nitrogens with two attached hydrogens (primary N) is 1. The van der Waals surface area contributed by atoms with E-state index in [4.69, 9.17) is 10.5 Å². The Bertz CT molecular complexity index is 504.